The number of hydroxylamine groups is 1. The van der Waals surface area contributed by atoms with Gasteiger partial charge < -0.3 is 0 Å². The predicted octanol–water partition coefficient (Wildman–Crippen LogP) is 5.04. The average Bonchev–Trinajstić information content (AvgIpc) is 3.27. The van der Waals surface area contributed by atoms with Crippen molar-refractivity contribution >= 4 is 46.4 Å². The number of imide groups is 1. The molecule has 0 spiro atoms. The van der Waals surface area contributed by atoms with Crippen molar-refractivity contribution in [1.82, 2.24) is 0 Å². The van der Waals surface area contributed by atoms with E-state index < -0.39 is 24.0 Å². The van der Waals surface area contributed by atoms with Crippen LogP contribution in [0.5, 0.6) is 0 Å². The summed E-state index contributed by atoms with van der Waals surface area (Å²) in [6.07, 6.45) is -0.963. The molecule has 0 aromatic heterocycles. The average molecular weight is 439 g/mol. The van der Waals surface area contributed by atoms with Gasteiger partial charge in [0.2, 0.25) is 5.91 Å². The van der Waals surface area contributed by atoms with Gasteiger partial charge in [0.05, 0.1) is 27.5 Å². The van der Waals surface area contributed by atoms with Crippen molar-refractivity contribution in [3.8, 4) is 0 Å². The van der Waals surface area contributed by atoms with Crippen LogP contribution in [0.4, 0.5) is 11.4 Å². The van der Waals surface area contributed by atoms with Crippen molar-refractivity contribution in [2.24, 2.45) is 5.92 Å². The standard InChI is InChI=1S/C23H16Cl2N2O3/c24-16-12-7-13-17(25)20(16)26-22(28)18-19(14-8-3-1-4-9-14)27(30-21(18)23(26)29)15-10-5-2-6-11-15/h1-13,18-19,21H/t18-,19-,21-/m0/s1. The normalized spacial score (nSPS) is 23.2. The van der Waals surface area contributed by atoms with Gasteiger partial charge in [0, 0.05) is 0 Å². The fraction of sp³-hybridized carbons (Fsp3) is 0.130. The summed E-state index contributed by atoms with van der Waals surface area (Å²) in [5.41, 5.74) is 1.85. The van der Waals surface area contributed by atoms with Crippen LogP contribution in [0.1, 0.15) is 11.6 Å². The summed E-state index contributed by atoms with van der Waals surface area (Å²) in [5.74, 6) is -1.58. The van der Waals surface area contributed by atoms with Crippen LogP contribution in [0.2, 0.25) is 10.0 Å². The predicted molar refractivity (Wildman–Crippen MR) is 115 cm³/mol. The number of amides is 2. The molecule has 5 rings (SSSR count). The number of rotatable bonds is 3. The molecule has 3 atom stereocenters. The lowest BCUT2D eigenvalue weighted by Crippen LogP contribution is -2.37. The van der Waals surface area contributed by atoms with Crippen LogP contribution in [0.3, 0.4) is 0 Å². The van der Waals surface area contributed by atoms with Crippen molar-refractivity contribution in [3.05, 3.63) is 94.5 Å². The monoisotopic (exact) mass is 438 g/mol. The number of para-hydroxylation sites is 2. The van der Waals surface area contributed by atoms with Crippen LogP contribution in [0.25, 0.3) is 0 Å². The van der Waals surface area contributed by atoms with Crippen LogP contribution in [0, 0.1) is 5.92 Å². The topological polar surface area (TPSA) is 49.9 Å². The van der Waals surface area contributed by atoms with Crippen molar-refractivity contribution in [2.75, 3.05) is 9.96 Å². The van der Waals surface area contributed by atoms with Crippen LogP contribution in [-0.2, 0) is 14.4 Å². The minimum Gasteiger partial charge on any atom is -0.273 e. The van der Waals surface area contributed by atoms with Gasteiger partial charge in [-0.2, -0.15) is 0 Å². The van der Waals surface area contributed by atoms with Crippen molar-refractivity contribution in [1.29, 1.82) is 0 Å². The summed E-state index contributed by atoms with van der Waals surface area (Å²) in [7, 11) is 0. The van der Waals surface area contributed by atoms with E-state index in [-0.39, 0.29) is 21.6 Å². The summed E-state index contributed by atoms with van der Waals surface area (Å²) in [6, 6.07) is 23.4. The minimum absolute atomic E-state index is 0.201. The molecule has 2 saturated heterocycles. The second-order valence-electron chi connectivity index (χ2n) is 7.15. The Hall–Kier alpha value is -2.86. The van der Waals surface area contributed by atoms with Gasteiger partial charge in [-0.05, 0) is 29.8 Å². The van der Waals surface area contributed by atoms with Gasteiger partial charge in [-0.15, -0.1) is 0 Å². The van der Waals surface area contributed by atoms with Gasteiger partial charge in [-0.25, -0.2) is 9.96 Å². The van der Waals surface area contributed by atoms with E-state index in [2.05, 4.69) is 0 Å². The highest BCUT2D eigenvalue weighted by Crippen LogP contribution is 2.49. The van der Waals surface area contributed by atoms with E-state index >= 15 is 0 Å². The molecule has 0 saturated carbocycles. The van der Waals surface area contributed by atoms with E-state index in [0.29, 0.717) is 0 Å². The first-order valence-electron chi connectivity index (χ1n) is 9.46. The Labute approximate surface area is 183 Å². The highest BCUT2D eigenvalue weighted by molar-refractivity contribution is 6.42. The molecule has 7 heteroatoms. The van der Waals surface area contributed by atoms with Gasteiger partial charge in [0.1, 0.15) is 5.92 Å². The Kier molecular flexibility index (Phi) is 4.74. The smallest absolute Gasteiger partial charge is 0.266 e. The minimum atomic E-state index is -0.963. The zero-order chi connectivity index (χ0) is 20.8. The molecule has 30 heavy (non-hydrogen) atoms. The molecule has 0 bridgehead atoms. The lowest BCUT2D eigenvalue weighted by atomic mass is 9.90. The molecule has 2 aliphatic rings. The Morgan fingerprint density at radius 2 is 1.33 bits per heavy atom. The molecule has 0 radical (unpaired) electrons. The highest BCUT2D eigenvalue weighted by atomic mass is 35.5. The number of hydrogen-bond acceptors (Lipinski definition) is 4. The fourth-order valence-electron chi connectivity index (χ4n) is 4.13. The zero-order valence-corrected chi connectivity index (χ0v) is 17.1. The second-order valence-corrected chi connectivity index (χ2v) is 7.97. The van der Waals surface area contributed by atoms with Crippen molar-refractivity contribution in [2.45, 2.75) is 12.1 Å². The molecule has 3 aromatic carbocycles. The largest absolute Gasteiger partial charge is 0.273 e. The van der Waals surface area contributed by atoms with Crippen LogP contribution in [0.15, 0.2) is 78.9 Å². The zero-order valence-electron chi connectivity index (χ0n) is 15.6. The Bertz CT molecular complexity index is 1100. The summed E-state index contributed by atoms with van der Waals surface area (Å²) < 4.78 is 0. The maximum absolute atomic E-state index is 13.5. The van der Waals surface area contributed by atoms with E-state index in [1.807, 2.05) is 60.7 Å². The van der Waals surface area contributed by atoms with E-state index in [4.69, 9.17) is 28.0 Å². The lowest BCUT2D eigenvalue weighted by molar-refractivity contribution is -0.126. The lowest BCUT2D eigenvalue weighted by Gasteiger charge is -2.29. The van der Waals surface area contributed by atoms with Crippen LogP contribution in [-0.4, -0.2) is 17.9 Å². The molecule has 2 amide bonds. The molecular weight excluding hydrogens is 423 g/mol. The van der Waals surface area contributed by atoms with Crippen molar-refractivity contribution < 1.29 is 14.4 Å². The van der Waals surface area contributed by atoms with Gasteiger partial charge in [0.25, 0.3) is 5.91 Å². The van der Waals surface area contributed by atoms with E-state index in [1.54, 1.807) is 23.3 Å². The molecule has 3 aromatic rings. The molecule has 0 N–H and O–H groups in total. The van der Waals surface area contributed by atoms with Gasteiger partial charge in [-0.1, -0.05) is 77.8 Å². The Morgan fingerprint density at radius 1 is 0.733 bits per heavy atom. The number of carbonyl (C=O) groups is 2. The molecule has 2 fully saturated rings. The van der Waals surface area contributed by atoms with E-state index in [9.17, 15) is 9.59 Å². The van der Waals surface area contributed by atoms with Gasteiger partial charge >= 0.3 is 0 Å². The SMILES string of the molecule is O=C1[C@@H]2[C@H](ON(c3ccccc3)[C@H]2c2ccccc2)C(=O)N1c1c(Cl)cccc1Cl. The van der Waals surface area contributed by atoms with E-state index in [1.165, 1.54) is 0 Å². The number of fused-ring (bicyclic) bond motifs is 1. The molecule has 0 aliphatic carbocycles. The third-order valence-corrected chi connectivity index (χ3v) is 6.04. The molecule has 5 nitrogen and oxygen atoms in total. The molecular formula is C23H16Cl2N2O3. The van der Waals surface area contributed by atoms with E-state index in [0.717, 1.165) is 16.2 Å². The number of carbonyl (C=O) groups excluding carboxylic acids is 2. The highest BCUT2D eigenvalue weighted by Gasteiger charge is 2.60. The summed E-state index contributed by atoms with van der Waals surface area (Å²) in [6.45, 7) is 0. The maximum atomic E-state index is 13.5. The van der Waals surface area contributed by atoms with Crippen LogP contribution < -0.4 is 9.96 Å². The Balaban J connectivity index is 1.61. The Morgan fingerprint density at radius 3 is 1.97 bits per heavy atom. The van der Waals surface area contributed by atoms with Crippen LogP contribution >= 0.6 is 23.2 Å². The number of benzene rings is 3. The molecule has 150 valence electrons. The molecule has 0 unspecified atom stereocenters. The van der Waals surface area contributed by atoms with Gasteiger partial charge in [0.15, 0.2) is 6.10 Å². The first-order chi connectivity index (χ1) is 14.6. The number of halogens is 2. The molecule has 2 aliphatic heterocycles. The summed E-state index contributed by atoms with van der Waals surface area (Å²) >= 11 is 12.6. The number of nitrogens with zero attached hydrogens (tertiary/aromatic N) is 2. The quantitative estimate of drug-likeness (QED) is 0.537. The maximum Gasteiger partial charge on any atom is 0.266 e. The summed E-state index contributed by atoms with van der Waals surface area (Å²) in [4.78, 5) is 34.0. The second kappa shape index (κ2) is 7.43. The third-order valence-electron chi connectivity index (χ3n) is 5.43. The first-order valence-corrected chi connectivity index (χ1v) is 10.2. The fourth-order valence-corrected chi connectivity index (χ4v) is 4.69. The summed E-state index contributed by atoms with van der Waals surface area (Å²) in [5, 5.41) is 2.13. The van der Waals surface area contributed by atoms with Crippen molar-refractivity contribution in [3.63, 3.8) is 0 Å². The molecule has 2 heterocycles. The van der Waals surface area contributed by atoms with Gasteiger partial charge in [-0.3, -0.25) is 14.4 Å². The number of hydrogen-bond donors (Lipinski definition) is 0. The third kappa shape index (κ3) is 2.89. The number of anilines is 2. The first kappa shape index (κ1) is 19.1.